The molecule has 4 heterocycles. The van der Waals surface area contributed by atoms with Gasteiger partial charge in [-0.2, -0.15) is 5.10 Å². The summed E-state index contributed by atoms with van der Waals surface area (Å²) in [5.74, 6) is 1.78. The molecule has 0 aliphatic rings. The molecule has 4 rings (SSSR count). The predicted octanol–water partition coefficient (Wildman–Crippen LogP) is 4.66. The van der Waals surface area contributed by atoms with Gasteiger partial charge in [-0.3, -0.25) is 9.97 Å². The third kappa shape index (κ3) is 3.60. The lowest BCUT2D eigenvalue weighted by molar-refractivity contribution is 0.843. The number of fused-ring (bicyclic) bond motifs is 1. The number of rotatable bonds is 4. The van der Waals surface area contributed by atoms with Crippen molar-refractivity contribution < 1.29 is 0 Å². The van der Waals surface area contributed by atoms with Crippen LogP contribution in [0.2, 0.25) is 0 Å². The van der Waals surface area contributed by atoms with Crippen LogP contribution in [0.4, 0.5) is 11.6 Å². The third-order valence-electron chi connectivity index (χ3n) is 4.49. The second-order valence-corrected chi connectivity index (χ2v) is 6.80. The van der Waals surface area contributed by atoms with E-state index in [-0.39, 0.29) is 0 Å². The number of nitrogens with one attached hydrogen (secondary N) is 1. The van der Waals surface area contributed by atoms with Crippen LogP contribution in [-0.2, 0) is 0 Å². The summed E-state index contributed by atoms with van der Waals surface area (Å²) >= 11 is 0. The maximum atomic E-state index is 4.70. The van der Waals surface area contributed by atoms with Gasteiger partial charge in [0.05, 0.1) is 17.2 Å². The summed E-state index contributed by atoms with van der Waals surface area (Å²) in [6.45, 7) is 6.32. The van der Waals surface area contributed by atoms with Crippen LogP contribution in [0.1, 0.15) is 30.9 Å². The molecule has 134 valence electrons. The highest BCUT2D eigenvalue weighted by atomic mass is 15.2. The lowest BCUT2D eigenvalue weighted by Gasteiger charge is -2.09. The molecule has 0 aliphatic heterocycles. The third-order valence-corrected chi connectivity index (χ3v) is 4.49. The second-order valence-electron chi connectivity index (χ2n) is 6.80. The molecule has 0 amide bonds. The van der Waals surface area contributed by atoms with E-state index in [0.717, 1.165) is 33.3 Å². The van der Waals surface area contributed by atoms with Crippen molar-refractivity contribution in [1.82, 2.24) is 25.1 Å². The van der Waals surface area contributed by atoms with E-state index in [4.69, 9.17) is 4.98 Å². The van der Waals surface area contributed by atoms with E-state index < -0.39 is 0 Å². The summed E-state index contributed by atoms with van der Waals surface area (Å²) < 4.78 is 0. The van der Waals surface area contributed by atoms with E-state index >= 15 is 0 Å². The summed E-state index contributed by atoms with van der Waals surface area (Å²) in [6, 6.07) is 9.87. The molecular weight excluding hydrogens is 336 g/mol. The Morgan fingerprint density at radius 2 is 1.81 bits per heavy atom. The van der Waals surface area contributed by atoms with Gasteiger partial charge in [-0.15, -0.1) is 5.10 Å². The molecule has 4 aromatic heterocycles. The van der Waals surface area contributed by atoms with Crippen molar-refractivity contribution >= 4 is 22.7 Å². The molecule has 0 aliphatic carbocycles. The molecule has 1 N–H and O–H groups in total. The van der Waals surface area contributed by atoms with Gasteiger partial charge < -0.3 is 5.32 Å². The number of nitrogens with zero attached hydrogens (tertiary/aromatic N) is 5. The highest BCUT2D eigenvalue weighted by Crippen LogP contribution is 2.25. The van der Waals surface area contributed by atoms with Crippen LogP contribution in [0.5, 0.6) is 0 Å². The highest BCUT2D eigenvalue weighted by Gasteiger charge is 2.07. The van der Waals surface area contributed by atoms with Crippen LogP contribution in [-0.4, -0.2) is 25.1 Å². The van der Waals surface area contributed by atoms with Crippen molar-refractivity contribution in [3.05, 3.63) is 66.2 Å². The molecule has 0 unspecified atom stereocenters. The van der Waals surface area contributed by atoms with Crippen LogP contribution >= 0.6 is 0 Å². The minimum Gasteiger partial charge on any atom is -0.323 e. The van der Waals surface area contributed by atoms with Crippen molar-refractivity contribution in [3.63, 3.8) is 0 Å². The fourth-order valence-electron chi connectivity index (χ4n) is 2.88. The minimum absolute atomic E-state index is 0.389. The Bertz CT molecular complexity index is 1110. The fourth-order valence-corrected chi connectivity index (χ4v) is 2.88. The first kappa shape index (κ1) is 17.0. The van der Waals surface area contributed by atoms with Crippen molar-refractivity contribution in [1.29, 1.82) is 0 Å². The first-order chi connectivity index (χ1) is 13.1. The molecule has 0 saturated heterocycles. The Hall–Kier alpha value is -3.41. The molecule has 0 saturated carbocycles. The van der Waals surface area contributed by atoms with Gasteiger partial charge in [0.1, 0.15) is 5.82 Å². The van der Waals surface area contributed by atoms with E-state index in [1.807, 2.05) is 42.7 Å². The Labute approximate surface area is 157 Å². The van der Waals surface area contributed by atoms with Crippen LogP contribution in [0, 0.1) is 6.92 Å². The second kappa shape index (κ2) is 7.07. The Balaban J connectivity index is 1.69. The van der Waals surface area contributed by atoms with Gasteiger partial charge in [0.2, 0.25) is 0 Å². The van der Waals surface area contributed by atoms with E-state index in [1.165, 1.54) is 0 Å². The normalized spacial score (nSPS) is 11.1. The molecule has 0 fully saturated rings. The molecule has 0 atom stereocenters. The van der Waals surface area contributed by atoms with E-state index in [9.17, 15) is 0 Å². The molecule has 6 nitrogen and oxygen atoms in total. The Morgan fingerprint density at radius 1 is 0.926 bits per heavy atom. The lowest BCUT2D eigenvalue weighted by Crippen LogP contribution is -2.00. The molecule has 0 bridgehead atoms. The summed E-state index contributed by atoms with van der Waals surface area (Å²) in [6.07, 6.45) is 7.29. The maximum absolute atomic E-state index is 4.70. The lowest BCUT2D eigenvalue weighted by atomic mass is 10.0. The quantitative estimate of drug-likeness (QED) is 0.573. The smallest absolute Gasteiger partial charge is 0.154 e. The number of aromatic nitrogens is 5. The zero-order chi connectivity index (χ0) is 18.8. The maximum Gasteiger partial charge on any atom is 0.154 e. The topological polar surface area (TPSA) is 76.5 Å². The molecular formula is C21H20N6. The standard InChI is InChI=1S/C21H20N6/c1-13(2)15-9-21(27-24-11-15)26-20-5-4-18-19(25-20)8-16(10-23-18)17-12-22-7-6-14(17)3/h4-13H,1-3H3,(H,25,26,27). The molecule has 0 spiro atoms. The predicted molar refractivity (Wildman–Crippen MR) is 107 cm³/mol. The Morgan fingerprint density at radius 3 is 2.63 bits per heavy atom. The zero-order valence-electron chi connectivity index (χ0n) is 15.5. The van der Waals surface area contributed by atoms with Gasteiger partial charge in [0, 0.05) is 29.7 Å². The van der Waals surface area contributed by atoms with Crippen LogP contribution < -0.4 is 5.32 Å². The van der Waals surface area contributed by atoms with Gasteiger partial charge in [-0.1, -0.05) is 13.8 Å². The molecule has 27 heavy (non-hydrogen) atoms. The van der Waals surface area contributed by atoms with E-state index in [1.54, 1.807) is 12.4 Å². The largest absolute Gasteiger partial charge is 0.323 e. The van der Waals surface area contributed by atoms with Crippen LogP contribution in [0.25, 0.3) is 22.2 Å². The van der Waals surface area contributed by atoms with E-state index in [0.29, 0.717) is 17.6 Å². The van der Waals surface area contributed by atoms with Crippen molar-refractivity contribution in [3.8, 4) is 11.1 Å². The van der Waals surface area contributed by atoms with Crippen molar-refractivity contribution in [2.45, 2.75) is 26.7 Å². The summed E-state index contributed by atoms with van der Waals surface area (Å²) in [5.41, 5.74) is 5.99. The SMILES string of the molecule is Cc1ccncc1-c1cnc2ccc(Nc3cc(C(C)C)cnn3)nc2c1. The highest BCUT2D eigenvalue weighted by molar-refractivity contribution is 5.82. The zero-order valence-corrected chi connectivity index (χ0v) is 15.5. The molecule has 4 aromatic rings. The van der Waals surface area contributed by atoms with Crippen molar-refractivity contribution in [2.75, 3.05) is 5.32 Å². The molecule has 6 heteroatoms. The molecule has 0 radical (unpaired) electrons. The van der Waals surface area contributed by atoms with Crippen LogP contribution in [0.15, 0.2) is 55.1 Å². The van der Waals surface area contributed by atoms with Gasteiger partial charge in [0.25, 0.3) is 0 Å². The average molecular weight is 356 g/mol. The number of pyridine rings is 3. The monoisotopic (exact) mass is 356 g/mol. The van der Waals surface area contributed by atoms with E-state index in [2.05, 4.69) is 46.3 Å². The van der Waals surface area contributed by atoms with Gasteiger partial charge >= 0.3 is 0 Å². The Kier molecular flexibility index (Phi) is 4.46. The van der Waals surface area contributed by atoms with Crippen LogP contribution in [0.3, 0.4) is 0 Å². The average Bonchev–Trinajstić information content (AvgIpc) is 2.68. The van der Waals surface area contributed by atoms with Gasteiger partial charge in [0.15, 0.2) is 5.82 Å². The minimum atomic E-state index is 0.389. The summed E-state index contributed by atoms with van der Waals surface area (Å²) in [7, 11) is 0. The van der Waals surface area contributed by atoms with Gasteiger partial charge in [-0.25, -0.2) is 4.98 Å². The first-order valence-corrected chi connectivity index (χ1v) is 8.87. The molecule has 0 aromatic carbocycles. The number of anilines is 2. The number of aryl methyl sites for hydroxylation is 1. The summed E-state index contributed by atoms with van der Waals surface area (Å²) in [4.78, 5) is 13.5. The van der Waals surface area contributed by atoms with Crippen molar-refractivity contribution in [2.24, 2.45) is 0 Å². The fraction of sp³-hybridized carbons (Fsp3) is 0.190. The number of hydrogen-bond donors (Lipinski definition) is 1. The summed E-state index contributed by atoms with van der Waals surface area (Å²) in [5, 5.41) is 11.5. The number of hydrogen-bond acceptors (Lipinski definition) is 6. The van der Waals surface area contributed by atoms with Gasteiger partial charge in [-0.05, 0) is 54.3 Å². The first-order valence-electron chi connectivity index (χ1n) is 8.87.